The lowest BCUT2D eigenvalue weighted by atomic mass is 9.60. The second-order valence-electron chi connectivity index (χ2n) is 6.98. The van der Waals surface area contributed by atoms with Gasteiger partial charge in [-0.05, 0) is 54.4 Å². The monoisotopic (exact) mass is 321 g/mol. The van der Waals surface area contributed by atoms with Crippen molar-refractivity contribution in [2.45, 2.75) is 31.7 Å². The summed E-state index contributed by atoms with van der Waals surface area (Å²) in [6.07, 6.45) is 4.46. The number of amides is 1. The smallest absolute Gasteiger partial charge is 0.251 e. The van der Waals surface area contributed by atoms with E-state index in [0.717, 1.165) is 43.6 Å². The molecule has 2 fully saturated rings. The lowest BCUT2D eigenvalue weighted by Gasteiger charge is -2.52. The second-order valence-corrected chi connectivity index (χ2v) is 6.98. The SMILES string of the molecule is O=C(NC1CCC12CCOCC2)c1ccc(-c2ccccc2)cc1. The minimum atomic E-state index is 0.0465. The second kappa shape index (κ2) is 6.40. The predicted octanol–water partition coefficient (Wildman–Crippen LogP) is 4.04. The molecular weight excluding hydrogens is 298 g/mol. The lowest BCUT2D eigenvalue weighted by Crippen LogP contribution is -2.57. The number of hydrogen-bond donors (Lipinski definition) is 1. The van der Waals surface area contributed by atoms with Crippen LogP contribution in [0.15, 0.2) is 54.6 Å². The van der Waals surface area contributed by atoms with Gasteiger partial charge in [-0.2, -0.15) is 0 Å². The first-order valence-corrected chi connectivity index (χ1v) is 8.81. The van der Waals surface area contributed by atoms with Crippen LogP contribution in [0.2, 0.25) is 0 Å². The normalized spacial score (nSPS) is 21.9. The van der Waals surface area contributed by atoms with Crippen LogP contribution in [0.1, 0.15) is 36.0 Å². The summed E-state index contributed by atoms with van der Waals surface area (Å²) < 4.78 is 5.48. The fourth-order valence-corrected chi connectivity index (χ4v) is 3.98. The molecule has 2 aliphatic rings. The minimum Gasteiger partial charge on any atom is -0.381 e. The molecule has 3 nitrogen and oxygen atoms in total. The Bertz CT molecular complexity index is 702. The zero-order chi connectivity index (χ0) is 16.4. The summed E-state index contributed by atoms with van der Waals surface area (Å²) in [7, 11) is 0. The molecule has 4 rings (SSSR count). The Balaban J connectivity index is 1.43. The largest absolute Gasteiger partial charge is 0.381 e. The van der Waals surface area contributed by atoms with Gasteiger partial charge in [-0.25, -0.2) is 0 Å². The quantitative estimate of drug-likeness (QED) is 0.926. The van der Waals surface area contributed by atoms with Crippen LogP contribution in [0, 0.1) is 5.41 Å². The van der Waals surface area contributed by atoms with Crippen molar-refractivity contribution in [1.82, 2.24) is 5.32 Å². The Labute approximate surface area is 143 Å². The maximum Gasteiger partial charge on any atom is 0.251 e. The van der Waals surface area contributed by atoms with E-state index in [2.05, 4.69) is 17.4 Å². The van der Waals surface area contributed by atoms with E-state index in [1.54, 1.807) is 0 Å². The van der Waals surface area contributed by atoms with E-state index < -0.39 is 0 Å². The van der Waals surface area contributed by atoms with Gasteiger partial charge >= 0.3 is 0 Å². The van der Waals surface area contributed by atoms with Gasteiger partial charge in [-0.15, -0.1) is 0 Å². The molecule has 1 spiro atoms. The van der Waals surface area contributed by atoms with Crippen LogP contribution >= 0.6 is 0 Å². The number of benzene rings is 2. The molecule has 0 bridgehead atoms. The number of carbonyl (C=O) groups excluding carboxylic acids is 1. The van der Waals surface area contributed by atoms with E-state index in [-0.39, 0.29) is 11.3 Å². The van der Waals surface area contributed by atoms with Crippen LogP contribution in [0.25, 0.3) is 11.1 Å². The molecule has 1 saturated carbocycles. The van der Waals surface area contributed by atoms with Crippen LogP contribution < -0.4 is 5.32 Å². The van der Waals surface area contributed by atoms with Crippen LogP contribution in [0.4, 0.5) is 0 Å². The minimum absolute atomic E-state index is 0.0465. The average molecular weight is 321 g/mol. The summed E-state index contributed by atoms with van der Waals surface area (Å²) in [5.74, 6) is 0.0465. The van der Waals surface area contributed by atoms with Crippen molar-refractivity contribution in [3.8, 4) is 11.1 Å². The van der Waals surface area contributed by atoms with E-state index in [1.807, 2.05) is 42.5 Å². The summed E-state index contributed by atoms with van der Waals surface area (Å²) in [6, 6.07) is 18.4. The molecule has 1 saturated heterocycles. The van der Waals surface area contributed by atoms with Gasteiger partial charge < -0.3 is 10.1 Å². The molecule has 0 aromatic heterocycles. The van der Waals surface area contributed by atoms with Crippen LogP contribution in [0.5, 0.6) is 0 Å². The van der Waals surface area contributed by atoms with Gasteiger partial charge in [0.05, 0.1) is 0 Å². The molecule has 1 N–H and O–H groups in total. The summed E-state index contributed by atoms with van der Waals surface area (Å²) in [4.78, 5) is 12.6. The third-order valence-corrected chi connectivity index (χ3v) is 5.72. The third-order valence-electron chi connectivity index (χ3n) is 5.72. The van der Waals surface area contributed by atoms with E-state index >= 15 is 0 Å². The van der Waals surface area contributed by atoms with E-state index in [0.29, 0.717) is 6.04 Å². The highest BCUT2D eigenvalue weighted by atomic mass is 16.5. The summed E-state index contributed by atoms with van der Waals surface area (Å²) in [5, 5.41) is 3.26. The molecule has 1 heterocycles. The number of carbonyl (C=O) groups is 1. The topological polar surface area (TPSA) is 38.3 Å². The summed E-state index contributed by atoms with van der Waals surface area (Å²) in [5.41, 5.74) is 3.34. The highest BCUT2D eigenvalue weighted by molar-refractivity contribution is 5.95. The first kappa shape index (κ1) is 15.4. The van der Waals surface area contributed by atoms with Crippen molar-refractivity contribution in [1.29, 1.82) is 0 Å². The summed E-state index contributed by atoms with van der Waals surface area (Å²) >= 11 is 0. The van der Waals surface area contributed by atoms with Gasteiger partial charge in [0, 0.05) is 24.8 Å². The molecule has 2 aromatic rings. The molecule has 1 aliphatic carbocycles. The number of hydrogen-bond acceptors (Lipinski definition) is 2. The summed E-state index contributed by atoms with van der Waals surface area (Å²) in [6.45, 7) is 1.66. The molecule has 124 valence electrons. The van der Waals surface area contributed by atoms with Gasteiger partial charge in [0.15, 0.2) is 0 Å². The zero-order valence-corrected chi connectivity index (χ0v) is 13.8. The average Bonchev–Trinajstić information content (AvgIpc) is 2.66. The van der Waals surface area contributed by atoms with Crippen LogP contribution in [-0.2, 0) is 4.74 Å². The molecule has 3 heteroatoms. The van der Waals surface area contributed by atoms with Crippen molar-refractivity contribution in [2.75, 3.05) is 13.2 Å². The molecular formula is C21H23NO2. The molecule has 0 radical (unpaired) electrons. The van der Waals surface area contributed by atoms with Gasteiger partial charge in [0.1, 0.15) is 0 Å². The Morgan fingerprint density at radius 2 is 1.58 bits per heavy atom. The fraction of sp³-hybridized carbons (Fsp3) is 0.381. The van der Waals surface area contributed by atoms with Gasteiger partial charge in [0.25, 0.3) is 5.91 Å². The molecule has 1 atom stereocenters. The highest BCUT2D eigenvalue weighted by Crippen LogP contribution is 2.48. The number of rotatable bonds is 3. The Hall–Kier alpha value is -2.13. The van der Waals surface area contributed by atoms with Crippen molar-refractivity contribution >= 4 is 5.91 Å². The number of nitrogens with one attached hydrogen (secondary N) is 1. The van der Waals surface area contributed by atoms with Gasteiger partial charge in [-0.1, -0.05) is 42.5 Å². The van der Waals surface area contributed by atoms with Gasteiger partial charge in [0.2, 0.25) is 0 Å². The molecule has 1 amide bonds. The maximum absolute atomic E-state index is 12.6. The Morgan fingerprint density at radius 3 is 2.21 bits per heavy atom. The van der Waals surface area contributed by atoms with Crippen molar-refractivity contribution in [3.05, 3.63) is 60.2 Å². The first-order chi connectivity index (χ1) is 11.8. The highest BCUT2D eigenvalue weighted by Gasteiger charge is 2.47. The predicted molar refractivity (Wildman–Crippen MR) is 94.9 cm³/mol. The van der Waals surface area contributed by atoms with E-state index in [9.17, 15) is 4.79 Å². The molecule has 2 aromatic carbocycles. The maximum atomic E-state index is 12.6. The van der Waals surface area contributed by atoms with Crippen LogP contribution in [0.3, 0.4) is 0 Å². The molecule has 24 heavy (non-hydrogen) atoms. The van der Waals surface area contributed by atoms with E-state index in [1.165, 1.54) is 12.0 Å². The molecule has 1 aliphatic heterocycles. The lowest BCUT2D eigenvalue weighted by molar-refractivity contribution is -0.0523. The zero-order valence-electron chi connectivity index (χ0n) is 13.8. The number of ether oxygens (including phenoxy) is 1. The van der Waals surface area contributed by atoms with Gasteiger partial charge in [-0.3, -0.25) is 4.79 Å². The Morgan fingerprint density at radius 1 is 0.917 bits per heavy atom. The Kier molecular flexibility index (Phi) is 4.11. The van der Waals surface area contributed by atoms with Crippen molar-refractivity contribution < 1.29 is 9.53 Å². The standard InChI is InChI=1S/C21H23NO2/c23-20(22-19-10-11-21(19)12-14-24-15-13-21)18-8-6-17(7-9-18)16-4-2-1-3-5-16/h1-9,19H,10-15H2,(H,22,23). The van der Waals surface area contributed by atoms with Crippen molar-refractivity contribution in [2.24, 2.45) is 5.41 Å². The van der Waals surface area contributed by atoms with E-state index in [4.69, 9.17) is 4.74 Å². The third kappa shape index (κ3) is 2.84. The fourth-order valence-electron chi connectivity index (χ4n) is 3.98. The van der Waals surface area contributed by atoms with Crippen molar-refractivity contribution in [3.63, 3.8) is 0 Å². The molecule has 1 unspecified atom stereocenters. The van der Waals surface area contributed by atoms with Crippen LogP contribution in [-0.4, -0.2) is 25.2 Å². The first-order valence-electron chi connectivity index (χ1n) is 8.81.